The van der Waals surface area contributed by atoms with Crippen LogP contribution in [0.3, 0.4) is 0 Å². The lowest BCUT2D eigenvalue weighted by molar-refractivity contribution is -0.197. The second-order valence-corrected chi connectivity index (χ2v) is 10.3. The third-order valence-electron chi connectivity index (χ3n) is 9.12. The molecule has 7 atom stereocenters. The Morgan fingerprint density at radius 3 is 2.48 bits per heavy atom. The summed E-state index contributed by atoms with van der Waals surface area (Å²) in [4.78, 5) is 49.3. The maximum atomic E-state index is 16.8. The van der Waals surface area contributed by atoms with Gasteiger partial charge in [0.15, 0.2) is 17.2 Å². The van der Waals surface area contributed by atoms with Gasteiger partial charge in [0.1, 0.15) is 12.4 Å². The maximum absolute atomic E-state index is 16.8. The van der Waals surface area contributed by atoms with E-state index in [0.29, 0.717) is 32.1 Å². The van der Waals surface area contributed by atoms with Crippen molar-refractivity contribution in [1.82, 2.24) is 0 Å². The second kappa shape index (κ2) is 6.71. The van der Waals surface area contributed by atoms with Crippen molar-refractivity contribution in [2.24, 2.45) is 34.5 Å². The topological polar surface area (TPSA) is 77.5 Å². The molecule has 29 heavy (non-hydrogen) atoms. The average molecular weight is 406 g/mol. The Labute approximate surface area is 171 Å². The molecule has 0 N–H and O–H groups in total. The number of hydrogen-bond acceptors (Lipinski definition) is 5. The van der Waals surface area contributed by atoms with Gasteiger partial charge in [0.05, 0.1) is 0 Å². The van der Waals surface area contributed by atoms with Crippen molar-refractivity contribution in [3.8, 4) is 0 Å². The van der Waals surface area contributed by atoms with Gasteiger partial charge in [0.25, 0.3) is 0 Å². The zero-order valence-corrected chi connectivity index (χ0v) is 17.6. The lowest BCUT2D eigenvalue weighted by Gasteiger charge is -2.62. The Bertz CT molecular complexity index is 777. The number of ketones is 3. The van der Waals surface area contributed by atoms with Gasteiger partial charge in [-0.15, -0.1) is 0 Å². The predicted molar refractivity (Wildman–Crippen MR) is 103 cm³/mol. The molecule has 0 aromatic rings. The van der Waals surface area contributed by atoms with Crippen molar-refractivity contribution < 1.29 is 28.3 Å². The molecular formula is C23H31FO5. The number of Topliss-reactive ketones (excluding diaryl/α,β-unsaturated/α-hetero) is 3. The maximum Gasteiger partial charge on any atom is 0.303 e. The van der Waals surface area contributed by atoms with Crippen LogP contribution in [0.5, 0.6) is 0 Å². The minimum absolute atomic E-state index is 0.0353. The highest BCUT2D eigenvalue weighted by atomic mass is 19.1. The monoisotopic (exact) mass is 406 g/mol. The Hall–Kier alpha value is -1.59. The van der Waals surface area contributed by atoms with E-state index in [9.17, 15) is 19.2 Å². The third kappa shape index (κ3) is 2.77. The summed E-state index contributed by atoms with van der Waals surface area (Å²) in [6, 6.07) is 0. The summed E-state index contributed by atoms with van der Waals surface area (Å²) < 4.78 is 21.7. The van der Waals surface area contributed by atoms with Gasteiger partial charge in [-0.3, -0.25) is 19.2 Å². The lowest BCUT2D eigenvalue weighted by atomic mass is 9.43. The summed E-state index contributed by atoms with van der Waals surface area (Å²) in [6.07, 6.45) is 3.92. The van der Waals surface area contributed by atoms with E-state index in [1.165, 1.54) is 6.92 Å². The average Bonchev–Trinajstić information content (AvgIpc) is 2.98. The molecule has 160 valence electrons. The SMILES string of the molecule is CC(=O)OCC(=O)[C@H]1CC[C@H]2[C@@H]3CCC4CC(=O)CC[C@]4(C)[C@@]3(F)C(=O)C[C@]12C. The number of alkyl halides is 1. The van der Waals surface area contributed by atoms with Crippen LogP contribution in [0.4, 0.5) is 4.39 Å². The van der Waals surface area contributed by atoms with Gasteiger partial charge in [-0.1, -0.05) is 13.8 Å². The van der Waals surface area contributed by atoms with E-state index in [1.807, 2.05) is 13.8 Å². The molecule has 4 fully saturated rings. The van der Waals surface area contributed by atoms with Crippen molar-refractivity contribution in [2.75, 3.05) is 6.61 Å². The number of ether oxygens (including phenoxy) is 1. The molecule has 0 aromatic carbocycles. The molecule has 0 aromatic heterocycles. The van der Waals surface area contributed by atoms with Crippen molar-refractivity contribution in [2.45, 2.75) is 77.8 Å². The molecule has 6 heteroatoms. The summed E-state index contributed by atoms with van der Waals surface area (Å²) in [7, 11) is 0. The Morgan fingerprint density at radius 1 is 1.10 bits per heavy atom. The Balaban J connectivity index is 1.64. The highest BCUT2D eigenvalue weighted by Crippen LogP contribution is 2.69. The molecule has 4 aliphatic rings. The number of esters is 1. The van der Waals surface area contributed by atoms with Crippen LogP contribution in [0.15, 0.2) is 0 Å². The first kappa shape index (κ1) is 20.7. The quantitative estimate of drug-likeness (QED) is 0.669. The number of carbonyl (C=O) groups excluding carboxylic acids is 4. The lowest BCUT2D eigenvalue weighted by Crippen LogP contribution is -2.67. The zero-order chi connectivity index (χ0) is 21.2. The van der Waals surface area contributed by atoms with Crippen LogP contribution >= 0.6 is 0 Å². The smallest absolute Gasteiger partial charge is 0.303 e. The number of rotatable bonds is 3. The van der Waals surface area contributed by atoms with Gasteiger partial charge in [-0.2, -0.15) is 0 Å². The van der Waals surface area contributed by atoms with Crippen LogP contribution in [0, 0.1) is 34.5 Å². The van der Waals surface area contributed by atoms with E-state index in [2.05, 4.69) is 0 Å². The minimum Gasteiger partial charge on any atom is -0.458 e. The number of fused-ring (bicyclic) bond motifs is 5. The fourth-order valence-corrected chi connectivity index (χ4v) is 7.57. The molecule has 5 nitrogen and oxygen atoms in total. The zero-order valence-electron chi connectivity index (χ0n) is 17.6. The summed E-state index contributed by atoms with van der Waals surface area (Å²) >= 11 is 0. The molecule has 0 radical (unpaired) electrons. The van der Waals surface area contributed by atoms with E-state index in [-0.39, 0.29) is 48.1 Å². The molecule has 4 rings (SSSR count). The van der Waals surface area contributed by atoms with Gasteiger partial charge in [-0.25, -0.2) is 4.39 Å². The van der Waals surface area contributed by atoms with Gasteiger partial charge >= 0.3 is 5.97 Å². The van der Waals surface area contributed by atoms with Crippen LogP contribution in [-0.2, 0) is 23.9 Å². The second-order valence-electron chi connectivity index (χ2n) is 10.3. The van der Waals surface area contributed by atoms with E-state index in [4.69, 9.17) is 4.74 Å². The molecule has 0 heterocycles. The van der Waals surface area contributed by atoms with Gasteiger partial charge < -0.3 is 4.74 Å². The third-order valence-corrected chi connectivity index (χ3v) is 9.12. The molecule has 4 saturated carbocycles. The molecule has 0 spiro atoms. The predicted octanol–water partition coefficient (Wildman–Crippen LogP) is 3.62. The molecule has 0 aliphatic heterocycles. The normalized spacial score (nSPS) is 46.5. The van der Waals surface area contributed by atoms with Crippen LogP contribution in [-0.4, -0.2) is 35.6 Å². The molecular weight excluding hydrogens is 375 g/mol. The van der Waals surface area contributed by atoms with Crippen LogP contribution in [0.25, 0.3) is 0 Å². The molecule has 4 aliphatic carbocycles. The van der Waals surface area contributed by atoms with Crippen LogP contribution in [0.1, 0.15) is 72.1 Å². The van der Waals surface area contributed by atoms with Gasteiger partial charge in [0.2, 0.25) is 0 Å². The number of carbonyl (C=O) groups is 4. The van der Waals surface area contributed by atoms with Crippen molar-refractivity contribution >= 4 is 23.3 Å². The minimum atomic E-state index is -1.91. The van der Waals surface area contributed by atoms with Crippen molar-refractivity contribution in [3.05, 3.63) is 0 Å². The van der Waals surface area contributed by atoms with E-state index in [0.717, 1.165) is 12.8 Å². The van der Waals surface area contributed by atoms with E-state index < -0.39 is 28.4 Å². The Kier molecular flexibility index (Phi) is 4.78. The molecule has 1 unspecified atom stereocenters. The van der Waals surface area contributed by atoms with Crippen LogP contribution < -0.4 is 0 Å². The summed E-state index contributed by atoms with van der Waals surface area (Å²) in [5.41, 5.74) is -3.28. The first-order chi connectivity index (χ1) is 13.5. The highest BCUT2D eigenvalue weighted by Gasteiger charge is 2.72. The van der Waals surface area contributed by atoms with E-state index in [1.54, 1.807) is 0 Å². The first-order valence-electron chi connectivity index (χ1n) is 10.9. The molecule has 0 bridgehead atoms. The number of halogens is 1. The van der Waals surface area contributed by atoms with Gasteiger partial charge in [-0.05, 0) is 49.4 Å². The Morgan fingerprint density at radius 2 is 1.79 bits per heavy atom. The summed E-state index contributed by atoms with van der Waals surface area (Å²) in [6.45, 7) is 4.83. The largest absolute Gasteiger partial charge is 0.458 e. The standard InChI is InChI=1S/C23H31FO5/c1-13(25)29-12-19(27)18-7-6-16-17-5-4-14-10-15(26)8-9-22(14,3)23(17,24)20(28)11-21(16,18)2/h14,16-18H,4-12H2,1-3H3/t14?,16-,17-,18+,21-,22-,23-/m0/s1. The van der Waals surface area contributed by atoms with Crippen molar-refractivity contribution in [3.63, 3.8) is 0 Å². The summed E-state index contributed by atoms with van der Waals surface area (Å²) in [5.74, 6) is -1.73. The first-order valence-corrected chi connectivity index (χ1v) is 10.9. The van der Waals surface area contributed by atoms with Crippen LogP contribution in [0.2, 0.25) is 0 Å². The van der Waals surface area contributed by atoms with Crippen molar-refractivity contribution in [1.29, 1.82) is 0 Å². The summed E-state index contributed by atoms with van der Waals surface area (Å²) in [5, 5.41) is 0. The number of hydrogen-bond donors (Lipinski definition) is 0. The van der Waals surface area contributed by atoms with Gasteiger partial charge in [0, 0.05) is 43.4 Å². The van der Waals surface area contributed by atoms with E-state index >= 15 is 4.39 Å². The molecule has 0 amide bonds. The fourth-order valence-electron chi connectivity index (χ4n) is 7.57. The fraction of sp³-hybridized carbons (Fsp3) is 0.826. The molecule has 0 saturated heterocycles. The highest BCUT2D eigenvalue weighted by molar-refractivity contribution is 5.93.